The zero-order valence-corrected chi connectivity index (χ0v) is 9.38. The Morgan fingerprint density at radius 1 is 1.44 bits per heavy atom. The summed E-state index contributed by atoms with van der Waals surface area (Å²) < 4.78 is 0.383. The molecule has 0 unspecified atom stereocenters. The third-order valence-electron chi connectivity index (χ3n) is 1.87. The average molecular weight is 234 g/mol. The molecule has 2 aromatic rings. The van der Waals surface area contributed by atoms with Gasteiger partial charge >= 0.3 is 0 Å². The Labute approximate surface area is 96.8 Å². The van der Waals surface area contributed by atoms with Crippen molar-refractivity contribution in [3.05, 3.63) is 34.9 Å². The van der Waals surface area contributed by atoms with Crippen LogP contribution in [0.5, 0.6) is 0 Å². The number of pyridine rings is 1. The van der Waals surface area contributed by atoms with Crippen LogP contribution in [0.4, 0.5) is 5.95 Å². The first-order valence-corrected chi connectivity index (χ1v) is 5.03. The first-order valence-electron chi connectivity index (χ1n) is 4.62. The van der Waals surface area contributed by atoms with Crippen molar-refractivity contribution in [2.24, 2.45) is 5.10 Å². The summed E-state index contributed by atoms with van der Waals surface area (Å²) in [6, 6.07) is 5.64. The second-order valence-electron chi connectivity index (χ2n) is 3.04. The summed E-state index contributed by atoms with van der Waals surface area (Å²) in [6.07, 6.45) is 1.72. The van der Waals surface area contributed by atoms with Crippen LogP contribution in [0.1, 0.15) is 12.6 Å². The Balaban J connectivity index is 2.11. The second-order valence-corrected chi connectivity index (χ2v) is 3.43. The number of nitrogens with zero attached hydrogens (tertiary/aromatic N) is 3. The summed E-state index contributed by atoms with van der Waals surface area (Å²) in [7, 11) is 0. The van der Waals surface area contributed by atoms with Crippen molar-refractivity contribution >= 4 is 23.9 Å². The van der Waals surface area contributed by atoms with Crippen LogP contribution in [0.15, 0.2) is 29.5 Å². The van der Waals surface area contributed by atoms with E-state index >= 15 is 0 Å². The van der Waals surface area contributed by atoms with Gasteiger partial charge in [-0.2, -0.15) is 10.1 Å². The Morgan fingerprint density at radius 2 is 2.31 bits per heavy atom. The number of aromatic nitrogens is 4. The van der Waals surface area contributed by atoms with Gasteiger partial charge in [0.05, 0.1) is 11.4 Å². The predicted octanol–water partition coefficient (Wildman–Crippen LogP) is 1.70. The number of nitrogens with one attached hydrogen (secondary N) is 3. The topological polar surface area (TPSA) is 81.8 Å². The van der Waals surface area contributed by atoms with Crippen molar-refractivity contribution in [2.45, 2.75) is 6.92 Å². The highest BCUT2D eigenvalue weighted by Crippen LogP contribution is 1.98. The number of hydrazone groups is 1. The summed E-state index contributed by atoms with van der Waals surface area (Å²) in [6.45, 7) is 1.86. The lowest BCUT2D eigenvalue weighted by molar-refractivity contribution is 1.07. The molecule has 6 nitrogen and oxygen atoms in total. The molecular formula is C9H10N6S. The van der Waals surface area contributed by atoms with Crippen LogP contribution in [-0.2, 0) is 0 Å². The third-order valence-corrected chi connectivity index (χ3v) is 2.06. The number of anilines is 1. The maximum Gasteiger partial charge on any atom is 0.238 e. The van der Waals surface area contributed by atoms with E-state index in [4.69, 9.17) is 12.2 Å². The molecule has 0 saturated heterocycles. The summed E-state index contributed by atoms with van der Waals surface area (Å²) in [5, 5.41) is 9.52. The fraction of sp³-hybridized carbons (Fsp3) is 0.111. The lowest BCUT2D eigenvalue weighted by Gasteiger charge is -1.99. The molecule has 0 aliphatic carbocycles. The van der Waals surface area contributed by atoms with Gasteiger partial charge < -0.3 is 0 Å². The highest BCUT2D eigenvalue weighted by molar-refractivity contribution is 7.71. The highest BCUT2D eigenvalue weighted by Gasteiger charge is 1.98. The lowest BCUT2D eigenvalue weighted by atomic mass is 10.3. The summed E-state index contributed by atoms with van der Waals surface area (Å²) in [5.74, 6) is 0.472. The van der Waals surface area contributed by atoms with Gasteiger partial charge in [-0.3, -0.25) is 15.2 Å². The quantitative estimate of drug-likeness (QED) is 0.429. The van der Waals surface area contributed by atoms with Crippen LogP contribution >= 0.6 is 12.2 Å². The minimum atomic E-state index is 0.383. The highest BCUT2D eigenvalue weighted by atomic mass is 32.1. The van der Waals surface area contributed by atoms with E-state index in [0.29, 0.717) is 10.7 Å². The molecule has 2 aromatic heterocycles. The van der Waals surface area contributed by atoms with E-state index in [-0.39, 0.29) is 0 Å². The number of aromatic amines is 2. The Kier molecular flexibility index (Phi) is 3.06. The van der Waals surface area contributed by atoms with E-state index in [1.165, 1.54) is 0 Å². The maximum absolute atomic E-state index is 4.81. The molecule has 0 amide bonds. The minimum Gasteiger partial charge on any atom is -0.272 e. The van der Waals surface area contributed by atoms with Gasteiger partial charge in [-0.1, -0.05) is 6.07 Å². The monoisotopic (exact) mass is 234 g/mol. The number of hydrogen-bond donors (Lipinski definition) is 3. The number of hydrogen-bond acceptors (Lipinski definition) is 5. The molecule has 7 heteroatoms. The van der Waals surface area contributed by atoms with Gasteiger partial charge in [0.2, 0.25) is 10.7 Å². The Morgan fingerprint density at radius 3 is 2.94 bits per heavy atom. The smallest absolute Gasteiger partial charge is 0.238 e. The molecule has 82 valence electrons. The molecule has 0 aliphatic heterocycles. The van der Waals surface area contributed by atoms with E-state index < -0.39 is 0 Å². The van der Waals surface area contributed by atoms with Crippen molar-refractivity contribution < 1.29 is 0 Å². The molecule has 2 heterocycles. The van der Waals surface area contributed by atoms with E-state index in [1.54, 1.807) is 6.20 Å². The fourth-order valence-electron chi connectivity index (χ4n) is 1.09. The van der Waals surface area contributed by atoms with Gasteiger partial charge in [0.1, 0.15) is 0 Å². The Hall–Kier alpha value is -2.02. The third kappa shape index (κ3) is 2.51. The minimum absolute atomic E-state index is 0.383. The molecule has 0 atom stereocenters. The lowest BCUT2D eigenvalue weighted by Crippen LogP contribution is -2.02. The largest absolute Gasteiger partial charge is 0.272 e. The summed E-state index contributed by atoms with van der Waals surface area (Å²) >= 11 is 4.81. The fourth-order valence-corrected chi connectivity index (χ4v) is 1.24. The van der Waals surface area contributed by atoms with E-state index in [1.807, 2.05) is 25.1 Å². The second kappa shape index (κ2) is 4.67. The molecular weight excluding hydrogens is 224 g/mol. The molecule has 3 N–H and O–H groups in total. The van der Waals surface area contributed by atoms with Crippen LogP contribution in [0.3, 0.4) is 0 Å². The molecule has 0 fully saturated rings. The van der Waals surface area contributed by atoms with Gasteiger partial charge in [0, 0.05) is 6.20 Å². The SMILES string of the molecule is C/C(=N/Nc1nc(=S)[nH][nH]1)c1ccccn1. The van der Waals surface area contributed by atoms with Crippen molar-refractivity contribution in [2.75, 3.05) is 5.43 Å². The van der Waals surface area contributed by atoms with Gasteiger partial charge in [-0.25, -0.2) is 5.43 Å². The van der Waals surface area contributed by atoms with Gasteiger partial charge in [-0.05, 0) is 31.3 Å². The molecule has 0 spiro atoms. The standard InChI is InChI=1S/C9H10N6S/c1-6(7-4-2-3-5-10-7)12-13-8-11-9(16)15-14-8/h2-5H,1H3,(H3,11,13,14,15,16)/b12-6-. The van der Waals surface area contributed by atoms with Crippen LogP contribution in [0.2, 0.25) is 0 Å². The van der Waals surface area contributed by atoms with Crippen LogP contribution in [0.25, 0.3) is 0 Å². The molecule has 0 radical (unpaired) electrons. The molecule has 16 heavy (non-hydrogen) atoms. The van der Waals surface area contributed by atoms with Gasteiger partial charge in [-0.15, -0.1) is 0 Å². The van der Waals surface area contributed by atoms with Crippen LogP contribution in [-0.4, -0.2) is 25.9 Å². The molecule has 0 bridgehead atoms. The first-order chi connectivity index (χ1) is 7.75. The number of H-pyrrole nitrogens is 2. The van der Waals surface area contributed by atoms with Crippen molar-refractivity contribution in [3.63, 3.8) is 0 Å². The maximum atomic E-state index is 4.81. The first kappa shape index (κ1) is 10.5. The molecule has 0 aromatic carbocycles. The summed E-state index contributed by atoms with van der Waals surface area (Å²) in [4.78, 5) is 8.11. The molecule has 2 rings (SSSR count). The van der Waals surface area contributed by atoms with E-state index in [2.05, 4.69) is 30.7 Å². The van der Waals surface area contributed by atoms with Crippen LogP contribution in [0, 0.1) is 4.77 Å². The van der Waals surface area contributed by atoms with Gasteiger partial charge in [0.15, 0.2) is 0 Å². The normalized spacial score (nSPS) is 11.4. The Bertz CT molecular complexity index is 540. The van der Waals surface area contributed by atoms with Crippen molar-refractivity contribution in [3.8, 4) is 0 Å². The zero-order valence-electron chi connectivity index (χ0n) is 8.56. The zero-order chi connectivity index (χ0) is 11.4. The average Bonchev–Trinajstić information content (AvgIpc) is 2.73. The van der Waals surface area contributed by atoms with Crippen molar-refractivity contribution in [1.29, 1.82) is 0 Å². The molecule has 0 aliphatic rings. The van der Waals surface area contributed by atoms with Crippen LogP contribution < -0.4 is 5.43 Å². The van der Waals surface area contributed by atoms with E-state index in [9.17, 15) is 0 Å². The van der Waals surface area contributed by atoms with Crippen molar-refractivity contribution in [1.82, 2.24) is 20.2 Å². The summed E-state index contributed by atoms with van der Waals surface area (Å²) in [5.41, 5.74) is 4.32. The number of rotatable bonds is 3. The van der Waals surface area contributed by atoms with E-state index in [0.717, 1.165) is 11.4 Å². The predicted molar refractivity (Wildman–Crippen MR) is 63.8 cm³/mol. The van der Waals surface area contributed by atoms with Gasteiger partial charge in [0.25, 0.3) is 0 Å². The molecule has 0 saturated carbocycles.